The SMILES string of the molecule is CSCC[C@H](NC(=O)c1ccc(Cl)c([N+](=O)[O-])c1)c1nc2ccccc2[nH]1. The number of nitrogens with one attached hydrogen (secondary N) is 2. The number of halogens is 1. The Morgan fingerprint density at radius 2 is 2.15 bits per heavy atom. The summed E-state index contributed by atoms with van der Waals surface area (Å²) < 4.78 is 0. The van der Waals surface area contributed by atoms with Gasteiger partial charge in [0.1, 0.15) is 10.8 Å². The molecule has 1 atom stereocenters. The van der Waals surface area contributed by atoms with Gasteiger partial charge in [-0.3, -0.25) is 14.9 Å². The van der Waals surface area contributed by atoms with Gasteiger partial charge in [0.2, 0.25) is 0 Å². The number of nitrogens with zero attached hydrogens (tertiary/aromatic N) is 2. The van der Waals surface area contributed by atoms with Crippen LogP contribution in [0.15, 0.2) is 42.5 Å². The van der Waals surface area contributed by atoms with Gasteiger partial charge >= 0.3 is 0 Å². The van der Waals surface area contributed by atoms with Crippen molar-refractivity contribution < 1.29 is 9.72 Å². The van der Waals surface area contributed by atoms with Crippen LogP contribution in [0, 0.1) is 10.1 Å². The van der Waals surface area contributed by atoms with Crippen LogP contribution in [0.3, 0.4) is 0 Å². The number of imidazole rings is 1. The van der Waals surface area contributed by atoms with E-state index in [-0.39, 0.29) is 22.3 Å². The first-order valence-corrected chi connectivity index (χ1v) is 9.95. The first-order chi connectivity index (χ1) is 13.0. The molecule has 0 aliphatic heterocycles. The topological polar surface area (TPSA) is 101 Å². The Balaban J connectivity index is 1.87. The lowest BCUT2D eigenvalue weighted by molar-refractivity contribution is -0.384. The molecular formula is C18H17ClN4O3S. The number of benzene rings is 2. The molecule has 0 unspecified atom stereocenters. The number of thioether (sulfide) groups is 1. The van der Waals surface area contributed by atoms with Gasteiger partial charge in [0.25, 0.3) is 11.6 Å². The van der Waals surface area contributed by atoms with E-state index in [0.29, 0.717) is 12.2 Å². The average molecular weight is 405 g/mol. The van der Waals surface area contributed by atoms with Crippen molar-refractivity contribution >= 4 is 46.0 Å². The molecule has 1 amide bonds. The zero-order chi connectivity index (χ0) is 19.4. The van der Waals surface area contributed by atoms with Crippen LogP contribution in [-0.2, 0) is 0 Å². The summed E-state index contributed by atoms with van der Waals surface area (Å²) in [6, 6.07) is 11.3. The van der Waals surface area contributed by atoms with Crippen LogP contribution in [0.4, 0.5) is 5.69 Å². The van der Waals surface area contributed by atoms with Crippen LogP contribution in [0.2, 0.25) is 5.02 Å². The van der Waals surface area contributed by atoms with E-state index in [4.69, 9.17) is 11.6 Å². The summed E-state index contributed by atoms with van der Waals surface area (Å²) in [6.07, 6.45) is 2.66. The molecule has 2 N–H and O–H groups in total. The van der Waals surface area contributed by atoms with Crippen LogP contribution in [0.1, 0.15) is 28.6 Å². The number of hydrogen-bond acceptors (Lipinski definition) is 5. The van der Waals surface area contributed by atoms with Crippen molar-refractivity contribution in [2.24, 2.45) is 0 Å². The number of hydrogen-bond donors (Lipinski definition) is 2. The van der Waals surface area contributed by atoms with Gasteiger partial charge in [0, 0.05) is 11.6 Å². The number of H-pyrrole nitrogens is 1. The number of carbonyl (C=O) groups is 1. The highest BCUT2D eigenvalue weighted by atomic mass is 35.5. The van der Waals surface area contributed by atoms with Crippen molar-refractivity contribution in [2.75, 3.05) is 12.0 Å². The molecule has 0 saturated heterocycles. The third-order valence-corrected chi connectivity index (χ3v) is 5.02. The lowest BCUT2D eigenvalue weighted by Crippen LogP contribution is -2.29. The van der Waals surface area contributed by atoms with Gasteiger partial charge in [-0.25, -0.2) is 4.98 Å². The second-order valence-corrected chi connectivity index (χ2v) is 7.26. The van der Waals surface area contributed by atoms with E-state index in [2.05, 4.69) is 15.3 Å². The molecule has 2 aromatic carbocycles. The van der Waals surface area contributed by atoms with Crippen LogP contribution in [0.25, 0.3) is 11.0 Å². The first-order valence-electron chi connectivity index (χ1n) is 8.18. The van der Waals surface area contributed by atoms with Gasteiger partial charge in [0.15, 0.2) is 0 Å². The van der Waals surface area contributed by atoms with Crippen molar-refractivity contribution in [3.63, 3.8) is 0 Å². The molecular weight excluding hydrogens is 388 g/mol. The molecule has 1 aromatic heterocycles. The first kappa shape index (κ1) is 19.2. The number of amides is 1. The van der Waals surface area contributed by atoms with Crippen LogP contribution in [0.5, 0.6) is 0 Å². The fraction of sp³-hybridized carbons (Fsp3) is 0.222. The van der Waals surface area contributed by atoms with Gasteiger partial charge in [-0.05, 0) is 42.7 Å². The minimum atomic E-state index is -0.608. The van der Waals surface area contributed by atoms with E-state index >= 15 is 0 Å². The molecule has 1 heterocycles. The summed E-state index contributed by atoms with van der Waals surface area (Å²) >= 11 is 7.48. The molecule has 0 spiro atoms. The number of rotatable bonds is 7. The second-order valence-electron chi connectivity index (χ2n) is 5.87. The summed E-state index contributed by atoms with van der Waals surface area (Å²) in [5.41, 5.74) is 1.58. The summed E-state index contributed by atoms with van der Waals surface area (Å²) in [4.78, 5) is 30.9. The maximum absolute atomic E-state index is 12.7. The van der Waals surface area contributed by atoms with Crippen molar-refractivity contribution in [1.82, 2.24) is 15.3 Å². The van der Waals surface area contributed by atoms with Crippen molar-refractivity contribution in [1.29, 1.82) is 0 Å². The molecule has 140 valence electrons. The largest absolute Gasteiger partial charge is 0.342 e. The molecule has 0 fully saturated rings. The minimum absolute atomic E-state index is 0.00670. The third-order valence-electron chi connectivity index (χ3n) is 4.06. The van der Waals surface area contributed by atoms with Crippen molar-refractivity contribution in [3.8, 4) is 0 Å². The van der Waals surface area contributed by atoms with Gasteiger partial charge in [-0.15, -0.1) is 0 Å². The smallest absolute Gasteiger partial charge is 0.288 e. The van der Waals surface area contributed by atoms with Gasteiger partial charge in [0.05, 0.1) is 22.0 Å². The summed E-state index contributed by atoms with van der Waals surface area (Å²) in [5, 5.41) is 14.0. The fourth-order valence-electron chi connectivity index (χ4n) is 2.69. The number of nitro benzene ring substituents is 1. The van der Waals surface area contributed by atoms with Crippen molar-refractivity contribution in [2.45, 2.75) is 12.5 Å². The summed E-state index contributed by atoms with van der Waals surface area (Å²) in [7, 11) is 0. The second kappa shape index (κ2) is 8.41. The van der Waals surface area contributed by atoms with Gasteiger partial charge in [-0.1, -0.05) is 23.7 Å². The van der Waals surface area contributed by atoms with Gasteiger partial charge in [-0.2, -0.15) is 11.8 Å². The summed E-state index contributed by atoms with van der Waals surface area (Å²) in [6.45, 7) is 0. The van der Waals surface area contributed by atoms with Crippen LogP contribution >= 0.6 is 23.4 Å². The molecule has 3 aromatic rings. The number of carbonyl (C=O) groups excluding carboxylic acids is 1. The maximum atomic E-state index is 12.7. The molecule has 0 radical (unpaired) electrons. The molecule has 0 aliphatic carbocycles. The molecule has 0 aliphatic rings. The Bertz CT molecular complexity index is 959. The maximum Gasteiger partial charge on any atom is 0.288 e. The van der Waals surface area contributed by atoms with Gasteiger partial charge < -0.3 is 10.3 Å². The van der Waals surface area contributed by atoms with E-state index in [1.807, 2.05) is 30.5 Å². The Kier molecular flexibility index (Phi) is 5.98. The number of aromatic amines is 1. The Labute approximate surface area is 164 Å². The third kappa shape index (κ3) is 4.40. The van der Waals surface area contributed by atoms with Crippen molar-refractivity contribution in [3.05, 3.63) is 69.0 Å². The van der Waals surface area contributed by atoms with E-state index in [1.54, 1.807) is 11.8 Å². The quantitative estimate of drug-likeness (QED) is 0.450. The van der Waals surface area contributed by atoms with E-state index in [0.717, 1.165) is 16.8 Å². The van der Waals surface area contributed by atoms with E-state index < -0.39 is 10.8 Å². The monoisotopic (exact) mass is 404 g/mol. The highest BCUT2D eigenvalue weighted by Gasteiger charge is 2.21. The lowest BCUT2D eigenvalue weighted by Gasteiger charge is -2.16. The molecule has 7 nitrogen and oxygen atoms in total. The van der Waals surface area contributed by atoms with E-state index in [9.17, 15) is 14.9 Å². The minimum Gasteiger partial charge on any atom is -0.342 e. The number of para-hydroxylation sites is 2. The highest BCUT2D eigenvalue weighted by Crippen LogP contribution is 2.26. The van der Waals surface area contributed by atoms with Crippen LogP contribution < -0.4 is 5.32 Å². The number of fused-ring (bicyclic) bond motifs is 1. The zero-order valence-corrected chi connectivity index (χ0v) is 16.0. The normalized spacial score (nSPS) is 12.1. The standard InChI is InChI=1S/C18H17ClN4O3S/c1-27-9-8-15(17-20-13-4-2-3-5-14(13)21-17)22-18(24)11-6-7-12(19)16(10-11)23(25)26/h2-7,10,15H,8-9H2,1H3,(H,20,21)(H,22,24)/t15-/m0/s1. The molecule has 9 heteroatoms. The fourth-order valence-corrected chi connectivity index (χ4v) is 3.34. The lowest BCUT2D eigenvalue weighted by atomic mass is 10.1. The summed E-state index contributed by atoms with van der Waals surface area (Å²) in [5.74, 6) is 1.06. The van der Waals surface area contributed by atoms with Crippen LogP contribution in [-0.4, -0.2) is 32.8 Å². The van der Waals surface area contributed by atoms with E-state index in [1.165, 1.54) is 18.2 Å². The predicted octanol–water partition coefficient (Wildman–Crippen LogP) is 4.35. The Hall–Kier alpha value is -2.58. The zero-order valence-electron chi connectivity index (χ0n) is 14.4. The predicted molar refractivity (Wildman–Crippen MR) is 107 cm³/mol. The molecule has 3 rings (SSSR count). The molecule has 27 heavy (non-hydrogen) atoms. The Morgan fingerprint density at radius 1 is 1.37 bits per heavy atom. The Morgan fingerprint density at radius 3 is 2.85 bits per heavy atom. The number of nitro groups is 1. The average Bonchev–Trinajstić information content (AvgIpc) is 3.09. The highest BCUT2D eigenvalue weighted by molar-refractivity contribution is 7.98. The number of aromatic nitrogens is 2. The molecule has 0 saturated carbocycles. The molecule has 0 bridgehead atoms.